The molecule has 0 heterocycles. The van der Waals surface area contributed by atoms with Crippen molar-refractivity contribution >= 4 is 60.8 Å². The lowest BCUT2D eigenvalue weighted by atomic mass is 9.84. The molecule has 0 amide bonds. The van der Waals surface area contributed by atoms with Crippen molar-refractivity contribution in [3.63, 3.8) is 0 Å². The molecule has 0 fully saturated rings. The fourth-order valence-corrected chi connectivity index (χ4v) is 7.99. The van der Waals surface area contributed by atoms with Crippen molar-refractivity contribution in [1.29, 1.82) is 0 Å². The number of hydrogen-bond acceptors (Lipinski definition) is 2. The zero-order valence-electron chi connectivity index (χ0n) is 30.2. The van der Waals surface area contributed by atoms with Gasteiger partial charge in [0.2, 0.25) is 0 Å². The second-order valence-electron chi connectivity index (χ2n) is 14.7. The van der Waals surface area contributed by atoms with Crippen molar-refractivity contribution in [2.75, 3.05) is 9.80 Å². The van der Waals surface area contributed by atoms with Gasteiger partial charge in [-0.2, -0.15) is 0 Å². The Kier molecular flexibility index (Phi) is 8.19. The monoisotopic (exact) mass is 650 g/mol. The van der Waals surface area contributed by atoms with E-state index in [2.05, 4.69) is 185 Å². The Morgan fingerprint density at radius 3 is 1.40 bits per heavy atom. The molecular weight excluding hydrogens is 605 g/mol. The number of anilines is 5. The minimum absolute atomic E-state index is 0.348. The maximum Gasteiger partial charge on any atom is 0.0543 e. The quantitative estimate of drug-likeness (QED) is 0.151. The number of aryl methyl sites for hydroxylation is 1. The van der Waals surface area contributed by atoms with E-state index in [0.717, 1.165) is 24.2 Å². The van der Waals surface area contributed by atoms with Gasteiger partial charge in [0.05, 0.1) is 11.4 Å². The summed E-state index contributed by atoms with van der Waals surface area (Å²) in [6, 6.07) is 45.3. The van der Waals surface area contributed by atoms with E-state index < -0.39 is 0 Å². The number of para-hydroxylation sites is 2. The number of benzene rings is 7. The summed E-state index contributed by atoms with van der Waals surface area (Å²) in [5.41, 5.74) is 12.8. The van der Waals surface area contributed by atoms with Crippen LogP contribution in [0.4, 0.5) is 28.4 Å². The Balaban J connectivity index is 1.51. The molecule has 50 heavy (non-hydrogen) atoms. The minimum atomic E-state index is 0.348. The van der Waals surface area contributed by atoms with E-state index in [1.165, 1.54) is 77.3 Å². The van der Waals surface area contributed by atoms with Gasteiger partial charge >= 0.3 is 0 Å². The van der Waals surface area contributed by atoms with Crippen LogP contribution < -0.4 is 9.80 Å². The predicted octanol–water partition coefficient (Wildman–Crippen LogP) is 14.4. The van der Waals surface area contributed by atoms with Crippen LogP contribution in [0.15, 0.2) is 145 Å². The molecule has 0 spiro atoms. The van der Waals surface area contributed by atoms with Gasteiger partial charge < -0.3 is 9.80 Å². The predicted molar refractivity (Wildman–Crippen MR) is 217 cm³/mol. The first-order valence-corrected chi connectivity index (χ1v) is 18.2. The van der Waals surface area contributed by atoms with E-state index in [9.17, 15) is 0 Å². The van der Waals surface area contributed by atoms with Crippen molar-refractivity contribution in [2.24, 2.45) is 0 Å². The summed E-state index contributed by atoms with van der Waals surface area (Å²) in [4.78, 5) is 4.99. The minimum Gasteiger partial charge on any atom is -0.314 e. The van der Waals surface area contributed by atoms with Gasteiger partial charge in [0, 0.05) is 33.5 Å². The normalized spacial score (nSPS) is 13.4. The molecule has 1 aliphatic carbocycles. The van der Waals surface area contributed by atoms with Crippen LogP contribution in [0.25, 0.3) is 32.3 Å². The number of nitrogens with zero attached hydrogens (tertiary/aromatic N) is 2. The van der Waals surface area contributed by atoms with E-state index in [1.807, 2.05) is 0 Å². The van der Waals surface area contributed by atoms with Gasteiger partial charge in [0.15, 0.2) is 0 Å². The molecule has 0 aliphatic heterocycles. The Bertz CT molecular complexity index is 2380. The molecule has 0 atom stereocenters. The second-order valence-corrected chi connectivity index (χ2v) is 14.7. The van der Waals surface area contributed by atoms with Crippen LogP contribution in [0, 0.1) is 6.92 Å². The zero-order valence-corrected chi connectivity index (χ0v) is 30.2. The van der Waals surface area contributed by atoms with E-state index >= 15 is 0 Å². The second kappa shape index (κ2) is 12.8. The molecule has 0 radical (unpaired) electrons. The first-order chi connectivity index (χ1) is 24.3. The first kappa shape index (κ1) is 31.9. The SMILES string of the molecule is CC1=CC=C(N(c2ccccc2)c2cc(C(C)C)c3ccc4c(N(c5ccccc5)c5ccc(C)cc5)cc(C(C)C)c5ccc2c3c54)CC1. The van der Waals surface area contributed by atoms with Crippen molar-refractivity contribution in [2.45, 2.75) is 66.2 Å². The average Bonchev–Trinajstić information content (AvgIpc) is 3.13. The molecule has 0 aromatic heterocycles. The highest BCUT2D eigenvalue weighted by Gasteiger charge is 2.26. The lowest BCUT2D eigenvalue weighted by molar-refractivity contribution is 0.866. The van der Waals surface area contributed by atoms with E-state index in [4.69, 9.17) is 0 Å². The third-order valence-electron chi connectivity index (χ3n) is 10.6. The highest BCUT2D eigenvalue weighted by molar-refractivity contribution is 6.29. The van der Waals surface area contributed by atoms with Crippen molar-refractivity contribution < 1.29 is 0 Å². The molecule has 0 bridgehead atoms. The lowest BCUT2D eigenvalue weighted by Gasteiger charge is -2.33. The summed E-state index contributed by atoms with van der Waals surface area (Å²) in [7, 11) is 0. The molecule has 248 valence electrons. The van der Waals surface area contributed by atoms with Crippen LogP contribution in [0.3, 0.4) is 0 Å². The third-order valence-corrected chi connectivity index (χ3v) is 10.6. The van der Waals surface area contributed by atoms with Crippen LogP contribution in [-0.4, -0.2) is 0 Å². The Morgan fingerprint density at radius 2 is 0.920 bits per heavy atom. The number of hydrogen-bond donors (Lipinski definition) is 0. The molecule has 1 aliphatic rings. The van der Waals surface area contributed by atoms with E-state index in [0.29, 0.717) is 11.8 Å². The Hall–Kier alpha value is -5.34. The molecule has 2 nitrogen and oxygen atoms in total. The van der Waals surface area contributed by atoms with Crippen LogP contribution in [0.1, 0.15) is 76.0 Å². The van der Waals surface area contributed by atoms with Gasteiger partial charge in [-0.15, -0.1) is 0 Å². The maximum atomic E-state index is 2.54. The molecule has 0 saturated heterocycles. The van der Waals surface area contributed by atoms with Gasteiger partial charge in [-0.25, -0.2) is 0 Å². The van der Waals surface area contributed by atoms with Crippen LogP contribution >= 0.6 is 0 Å². The third kappa shape index (κ3) is 5.44. The summed E-state index contributed by atoms with van der Waals surface area (Å²) in [5.74, 6) is 0.706. The molecule has 0 N–H and O–H groups in total. The van der Waals surface area contributed by atoms with Gasteiger partial charge in [-0.3, -0.25) is 0 Å². The van der Waals surface area contributed by atoms with Crippen molar-refractivity contribution in [3.8, 4) is 0 Å². The molecule has 2 heteroatoms. The Labute approximate surface area is 297 Å². The molecule has 7 aromatic carbocycles. The summed E-state index contributed by atoms with van der Waals surface area (Å²) < 4.78 is 0. The lowest BCUT2D eigenvalue weighted by Crippen LogP contribution is -2.18. The van der Waals surface area contributed by atoms with E-state index in [1.54, 1.807) is 0 Å². The molecule has 0 unspecified atom stereocenters. The van der Waals surface area contributed by atoms with Crippen LogP contribution in [0.2, 0.25) is 0 Å². The summed E-state index contributed by atoms with van der Waals surface area (Å²) in [6.07, 6.45) is 6.74. The summed E-state index contributed by atoms with van der Waals surface area (Å²) in [5, 5.41) is 8.01. The molecule has 0 saturated carbocycles. The number of rotatable bonds is 8. The highest BCUT2D eigenvalue weighted by Crippen LogP contribution is 2.50. The van der Waals surface area contributed by atoms with E-state index in [-0.39, 0.29) is 0 Å². The molecule has 8 rings (SSSR count). The van der Waals surface area contributed by atoms with Crippen molar-refractivity contribution in [3.05, 3.63) is 161 Å². The summed E-state index contributed by atoms with van der Waals surface area (Å²) in [6.45, 7) is 13.8. The molecular formula is C48H46N2. The smallest absolute Gasteiger partial charge is 0.0543 e. The number of allylic oxidation sites excluding steroid dienone is 4. The first-order valence-electron chi connectivity index (χ1n) is 18.2. The molecule has 7 aromatic rings. The fraction of sp³-hybridized carbons (Fsp3) is 0.208. The van der Waals surface area contributed by atoms with Crippen LogP contribution in [0.5, 0.6) is 0 Å². The Morgan fingerprint density at radius 1 is 0.460 bits per heavy atom. The van der Waals surface area contributed by atoms with Gasteiger partial charge in [0.25, 0.3) is 0 Å². The topological polar surface area (TPSA) is 6.48 Å². The standard InChI is InChI=1S/C48H46N2/c1-31(2)43-29-45(49(35-13-9-7-10-14-35)37-21-17-33(5)18-22-37)41-28-26-40-44(32(3)4)30-46(42-27-25-39(43)47(41)48(40)42)50(36-15-11-8-12-16-36)38-23-19-34(6)20-24-38/h7-19,21-23,25-32H,20,24H2,1-6H3. The fourth-order valence-electron chi connectivity index (χ4n) is 7.99. The van der Waals surface area contributed by atoms with Gasteiger partial charge in [0.1, 0.15) is 0 Å². The maximum absolute atomic E-state index is 2.54. The van der Waals surface area contributed by atoms with Gasteiger partial charge in [-0.1, -0.05) is 118 Å². The summed E-state index contributed by atoms with van der Waals surface area (Å²) >= 11 is 0. The van der Waals surface area contributed by atoms with Crippen molar-refractivity contribution in [1.82, 2.24) is 0 Å². The zero-order chi connectivity index (χ0) is 34.5. The van der Waals surface area contributed by atoms with Gasteiger partial charge in [-0.05, 0) is 126 Å². The largest absolute Gasteiger partial charge is 0.314 e. The van der Waals surface area contributed by atoms with Crippen LogP contribution in [-0.2, 0) is 0 Å². The highest BCUT2D eigenvalue weighted by atomic mass is 15.2. The average molecular weight is 651 g/mol.